The summed E-state index contributed by atoms with van der Waals surface area (Å²) in [6, 6.07) is 7.16. The number of hydrogen-bond donors (Lipinski definition) is 4. The fourth-order valence-corrected chi connectivity index (χ4v) is 4.42. The van der Waals surface area contributed by atoms with Gasteiger partial charge in [0.05, 0.1) is 24.6 Å². The number of aliphatic hydroxyl groups excluding tert-OH is 2. The molecule has 0 radical (unpaired) electrons. The average Bonchev–Trinajstić information content (AvgIpc) is 2.89. The molecule has 2 aromatic heterocycles. The van der Waals surface area contributed by atoms with Crippen molar-refractivity contribution in [3.05, 3.63) is 58.3 Å². The number of aliphatic hydroxyl groups is 2. The van der Waals surface area contributed by atoms with E-state index < -0.39 is 41.3 Å². The van der Waals surface area contributed by atoms with E-state index in [-0.39, 0.29) is 23.6 Å². The first-order valence-corrected chi connectivity index (χ1v) is 12.4. The van der Waals surface area contributed by atoms with Crippen LogP contribution in [0.5, 0.6) is 5.75 Å². The Bertz CT molecular complexity index is 1250. The van der Waals surface area contributed by atoms with Crippen LogP contribution in [0.4, 0.5) is 4.39 Å². The van der Waals surface area contributed by atoms with Crippen LogP contribution in [-0.4, -0.2) is 49.5 Å². The number of carbonyl (C=O) groups excluding carboxylic acids is 1. The summed E-state index contributed by atoms with van der Waals surface area (Å²) in [5.41, 5.74) is -0.00608. The van der Waals surface area contributed by atoms with Crippen LogP contribution in [0, 0.1) is 11.7 Å². The molecule has 1 atom stereocenters. The number of carbonyl (C=O) groups is 1. The summed E-state index contributed by atoms with van der Waals surface area (Å²) in [6.07, 6.45) is 3.70. The van der Waals surface area contributed by atoms with E-state index >= 15 is 0 Å². The molecular formula is C27H34FN3O5. The molecule has 1 aliphatic carbocycles. The first-order valence-electron chi connectivity index (χ1n) is 12.4. The summed E-state index contributed by atoms with van der Waals surface area (Å²) < 4.78 is 14.4. The van der Waals surface area contributed by atoms with Gasteiger partial charge >= 0.3 is 0 Å². The number of aromatic nitrogens is 2. The first kappa shape index (κ1) is 27.3. The van der Waals surface area contributed by atoms with Crippen molar-refractivity contribution >= 4 is 16.9 Å². The van der Waals surface area contributed by atoms with Gasteiger partial charge in [-0.05, 0) is 55.4 Å². The third-order valence-corrected chi connectivity index (χ3v) is 6.43. The Morgan fingerprint density at radius 1 is 1.17 bits per heavy atom. The number of fused-ring (bicyclic) bond motifs is 1. The highest BCUT2D eigenvalue weighted by Crippen LogP contribution is 2.30. The maximum Gasteiger partial charge on any atom is 0.268 e. The van der Waals surface area contributed by atoms with E-state index in [0.29, 0.717) is 17.0 Å². The lowest BCUT2D eigenvalue weighted by Crippen LogP contribution is -2.41. The molecule has 1 amide bonds. The Labute approximate surface area is 209 Å². The third-order valence-electron chi connectivity index (χ3n) is 6.43. The van der Waals surface area contributed by atoms with Crippen LogP contribution in [0.3, 0.4) is 0 Å². The number of aromatic hydroxyl groups is 1. The number of nitrogens with one attached hydrogen (secondary N) is 1. The molecule has 3 aromatic rings. The van der Waals surface area contributed by atoms with Gasteiger partial charge in [0.2, 0.25) is 0 Å². The van der Waals surface area contributed by atoms with Gasteiger partial charge in [0.1, 0.15) is 22.8 Å². The predicted octanol–water partition coefficient (Wildman–Crippen LogP) is 3.60. The van der Waals surface area contributed by atoms with E-state index in [4.69, 9.17) is 0 Å². The van der Waals surface area contributed by atoms with E-state index in [9.17, 15) is 29.3 Å². The van der Waals surface area contributed by atoms with Crippen molar-refractivity contribution in [2.75, 3.05) is 6.61 Å². The molecule has 1 aromatic carbocycles. The quantitative estimate of drug-likeness (QED) is 0.411. The summed E-state index contributed by atoms with van der Waals surface area (Å²) >= 11 is 0. The molecule has 1 saturated carbocycles. The smallest absolute Gasteiger partial charge is 0.268 e. The second-order valence-electron chi connectivity index (χ2n) is 9.01. The van der Waals surface area contributed by atoms with Gasteiger partial charge in [-0.3, -0.25) is 14.2 Å². The normalized spacial score (nSPS) is 18.3. The zero-order chi connectivity index (χ0) is 26.4. The molecule has 9 heteroatoms. The molecule has 0 spiro atoms. The molecule has 4 N–H and O–H groups in total. The molecule has 8 nitrogen and oxygen atoms in total. The highest BCUT2D eigenvalue weighted by atomic mass is 19.1. The maximum atomic E-state index is 13.3. The van der Waals surface area contributed by atoms with Crippen molar-refractivity contribution in [3.63, 3.8) is 0 Å². The lowest BCUT2D eigenvalue weighted by atomic mass is 9.87. The van der Waals surface area contributed by atoms with Crippen LogP contribution in [0.25, 0.3) is 22.2 Å². The van der Waals surface area contributed by atoms with E-state index in [1.54, 1.807) is 18.2 Å². The van der Waals surface area contributed by atoms with Gasteiger partial charge in [0.25, 0.3) is 11.5 Å². The standard InChI is InChI=1S/C25H28FN3O5.C2H6/c1-14-2-8-18(9-3-14)28-24(33)21-22(32)20-10-16(15-4-6-17(26)7-5-15)11-27-23(20)29(25(21)34)12-19(31)13-30;1-2/h4-7,10-11,14,18-19,30-32H,2-3,8-9,12-13H2,1H3,(H,28,33);1-2H3. The summed E-state index contributed by atoms with van der Waals surface area (Å²) in [6.45, 7) is 5.25. The highest BCUT2D eigenvalue weighted by molar-refractivity contribution is 6.02. The molecule has 36 heavy (non-hydrogen) atoms. The van der Waals surface area contributed by atoms with Gasteiger partial charge in [0.15, 0.2) is 0 Å². The van der Waals surface area contributed by atoms with Gasteiger partial charge in [-0.2, -0.15) is 0 Å². The van der Waals surface area contributed by atoms with Crippen molar-refractivity contribution in [2.24, 2.45) is 5.92 Å². The summed E-state index contributed by atoms with van der Waals surface area (Å²) in [4.78, 5) is 30.7. The zero-order valence-electron chi connectivity index (χ0n) is 20.9. The Balaban J connectivity index is 0.00000176. The van der Waals surface area contributed by atoms with Crippen LogP contribution >= 0.6 is 0 Å². The summed E-state index contributed by atoms with van der Waals surface area (Å²) in [5.74, 6) is -1.02. The zero-order valence-corrected chi connectivity index (χ0v) is 20.9. The molecule has 1 fully saturated rings. The van der Waals surface area contributed by atoms with Gasteiger partial charge in [-0.1, -0.05) is 32.9 Å². The summed E-state index contributed by atoms with van der Waals surface area (Å²) in [7, 11) is 0. The molecule has 0 bridgehead atoms. The van der Waals surface area contributed by atoms with Crippen molar-refractivity contribution in [3.8, 4) is 16.9 Å². The number of rotatable bonds is 6. The van der Waals surface area contributed by atoms with E-state index in [1.165, 1.54) is 18.3 Å². The van der Waals surface area contributed by atoms with E-state index in [2.05, 4.69) is 17.2 Å². The molecule has 1 aliphatic rings. The number of pyridine rings is 2. The second-order valence-corrected chi connectivity index (χ2v) is 9.01. The lowest BCUT2D eigenvalue weighted by Gasteiger charge is -2.27. The molecular weight excluding hydrogens is 465 g/mol. The Kier molecular flexibility index (Phi) is 9.17. The predicted molar refractivity (Wildman–Crippen MR) is 136 cm³/mol. The molecule has 4 rings (SSSR count). The topological polar surface area (TPSA) is 125 Å². The van der Waals surface area contributed by atoms with E-state index in [1.807, 2.05) is 13.8 Å². The van der Waals surface area contributed by atoms with Crippen molar-refractivity contribution in [1.82, 2.24) is 14.9 Å². The number of hydrogen-bond acceptors (Lipinski definition) is 6. The number of amides is 1. The Morgan fingerprint density at radius 3 is 2.42 bits per heavy atom. The van der Waals surface area contributed by atoms with Gasteiger partial charge in [0, 0.05) is 17.8 Å². The minimum Gasteiger partial charge on any atom is -0.506 e. The SMILES string of the molecule is CC.CC1CCC(NC(=O)c2c(O)c3cc(-c4ccc(F)cc4)cnc3n(CC(O)CO)c2=O)CC1. The Hall–Kier alpha value is -3.30. The van der Waals surface area contributed by atoms with Crippen molar-refractivity contribution in [1.29, 1.82) is 0 Å². The van der Waals surface area contributed by atoms with Crippen LogP contribution in [0.1, 0.15) is 56.8 Å². The molecule has 194 valence electrons. The molecule has 1 unspecified atom stereocenters. The minimum atomic E-state index is -1.26. The van der Waals surface area contributed by atoms with Crippen LogP contribution < -0.4 is 10.9 Å². The maximum absolute atomic E-state index is 13.3. The number of halogens is 1. The largest absolute Gasteiger partial charge is 0.506 e. The highest BCUT2D eigenvalue weighted by Gasteiger charge is 2.27. The fourth-order valence-electron chi connectivity index (χ4n) is 4.42. The van der Waals surface area contributed by atoms with Crippen molar-refractivity contribution in [2.45, 2.75) is 65.1 Å². The van der Waals surface area contributed by atoms with Gasteiger partial charge < -0.3 is 20.6 Å². The van der Waals surface area contributed by atoms with Gasteiger partial charge in [-0.25, -0.2) is 9.37 Å². The van der Waals surface area contributed by atoms with Crippen LogP contribution in [0.2, 0.25) is 0 Å². The van der Waals surface area contributed by atoms with Gasteiger partial charge in [-0.15, -0.1) is 0 Å². The Morgan fingerprint density at radius 2 is 1.81 bits per heavy atom. The average molecular weight is 500 g/mol. The fraction of sp³-hybridized carbons (Fsp3) is 0.444. The molecule has 0 aliphatic heterocycles. The third kappa shape index (κ3) is 5.91. The van der Waals surface area contributed by atoms with E-state index in [0.717, 1.165) is 30.3 Å². The number of benzene rings is 1. The van der Waals surface area contributed by atoms with Crippen LogP contribution in [-0.2, 0) is 6.54 Å². The number of nitrogens with zero attached hydrogens (tertiary/aromatic N) is 2. The van der Waals surface area contributed by atoms with Crippen molar-refractivity contribution < 1.29 is 24.5 Å². The molecule has 2 heterocycles. The van der Waals surface area contributed by atoms with Crippen LogP contribution in [0.15, 0.2) is 41.3 Å². The summed E-state index contributed by atoms with van der Waals surface area (Å²) in [5, 5.41) is 33.3. The minimum absolute atomic E-state index is 0.0592. The first-order chi connectivity index (χ1) is 17.3. The molecule has 0 saturated heterocycles. The monoisotopic (exact) mass is 499 g/mol. The lowest BCUT2D eigenvalue weighted by molar-refractivity contribution is 0.0807. The second kappa shape index (κ2) is 12.1.